The molecule has 9 rings (SSSR count). The van der Waals surface area contributed by atoms with E-state index < -0.39 is 0 Å². The molecule has 42 heavy (non-hydrogen) atoms. The van der Waals surface area contributed by atoms with E-state index in [0.29, 0.717) is 45.9 Å². The van der Waals surface area contributed by atoms with Gasteiger partial charge in [0.05, 0.1) is 23.3 Å². The van der Waals surface area contributed by atoms with Crippen molar-refractivity contribution in [3.63, 3.8) is 0 Å². The van der Waals surface area contributed by atoms with Crippen LogP contribution in [0.3, 0.4) is 0 Å². The van der Waals surface area contributed by atoms with Crippen LogP contribution in [0.5, 0.6) is 0 Å². The molecule has 3 aliphatic rings. The van der Waals surface area contributed by atoms with Crippen molar-refractivity contribution in [1.29, 1.82) is 0 Å². The fraction of sp³-hybridized carbons (Fsp3) is 0.0625. The maximum atomic E-state index is 5.01. The minimum Gasteiger partial charge on any atom is -0.357 e. The molecule has 2 aliphatic heterocycles. The Bertz CT molecular complexity index is 2110. The summed E-state index contributed by atoms with van der Waals surface area (Å²) < 4.78 is 0. The zero-order valence-corrected chi connectivity index (χ0v) is 23.5. The number of aromatic nitrogens is 8. The van der Waals surface area contributed by atoms with Crippen molar-refractivity contribution in [3.8, 4) is 22.8 Å². The molecule has 0 saturated heterocycles. The summed E-state index contributed by atoms with van der Waals surface area (Å²) in [5, 5.41) is 3.65. The van der Waals surface area contributed by atoms with Crippen LogP contribution in [-0.2, 0) is 34.1 Å². The van der Waals surface area contributed by atoms with Gasteiger partial charge < -0.3 is 29.9 Å². The molecule has 5 heterocycles. The second-order valence-electron chi connectivity index (χ2n) is 10.0. The Morgan fingerprint density at radius 1 is 0.452 bits per heavy atom. The predicted molar refractivity (Wildman–Crippen MR) is 153 cm³/mol. The van der Waals surface area contributed by atoms with Crippen molar-refractivity contribution in [2.45, 2.75) is 11.8 Å². The molecular weight excluding hydrogens is 624 g/mol. The van der Waals surface area contributed by atoms with E-state index in [1.165, 1.54) is 0 Å². The fourth-order valence-electron chi connectivity index (χ4n) is 5.78. The number of allylic oxidation sites excluding steroid dienone is 4. The van der Waals surface area contributed by atoms with Gasteiger partial charge in [0.2, 0.25) is 0 Å². The van der Waals surface area contributed by atoms with E-state index in [1.54, 1.807) is 0 Å². The van der Waals surface area contributed by atoms with Crippen LogP contribution in [0.1, 0.15) is 23.5 Å². The van der Waals surface area contributed by atoms with Crippen LogP contribution < -0.4 is 9.97 Å². The van der Waals surface area contributed by atoms with E-state index in [4.69, 9.17) is 39.9 Å². The van der Waals surface area contributed by atoms with Crippen LogP contribution in [0.25, 0.3) is 66.9 Å². The predicted octanol–water partition coefficient (Wildman–Crippen LogP) is 5.78. The van der Waals surface area contributed by atoms with Gasteiger partial charge in [0, 0.05) is 62.6 Å². The molecule has 0 fully saturated rings. The summed E-state index contributed by atoms with van der Waals surface area (Å²) in [7, 11) is 0. The number of hydrogen-bond acceptors (Lipinski definition) is 6. The monoisotopic (exact) mass is 640 g/mol. The zero-order valence-electron chi connectivity index (χ0n) is 21.6. The van der Waals surface area contributed by atoms with E-state index in [2.05, 4.69) is 12.2 Å². The Morgan fingerprint density at radius 3 is 1.26 bits per heavy atom. The molecule has 0 spiro atoms. The van der Waals surface area contributed by atoms with E-state index in [0.717, 1.165) is 32.7 Å². The molecule has 0 amide bonds. The number of hydrogen-bond donors (Lipinski definition) is 0. The Kier molecular flexibility index (Phi) is 6.37. The smallest absolute Gasteiger partial charge is 0.357 e. The summed E-state index contributed by atoms with van der Waals surface area (Å²) in [5.74, 6) is 2.39. The Labute approximate surface area is 260 Å². The first-order valence-corrected chi connectivity index (χ1v) is 13.1. The van der Waals surface area contributed by atoms with E-state index in [1.807, 2.05) is 84.9 Å². The molecule has 208 valence electrons. The molecule has 2 atom stereocenters. The molecule has 8 nitrogen and oxygen atoms in total. The average molecular weight is 642 g/mol. The first kappa shape index (κ1) is 26.4. The van der Waals surface area contributed by atoms with Gasteiger partial charge in [-0.2, -0.15) is 0 Å². The van der Waals surface area contributed by atoms with E-state index >= 15 is 0 Å². The van der Waals surface area contributed by atoms with Crippen molar-refractivity contribution in [3.05, 3.63) is 109 Å². The van der Waals surface area contributed by atoms with Gasteiger partial charge >= 0.3 is 17.1 Å². The maximum absolute atomic E-state index is 5.01. The zero-order chi connectivity index (χ0) is 26.2. The molecule has 10 heteroatoms. The van der Waals surface area contributed by atoms with Crippen molar-refractivity contribution in [2.24, 2.45) is 0 Å². The van der Waals surface area contributed by atoms with Crippen molar-refractivity contribution in [1.82, 2.24) is 39.9 Å². The van der Waals surface area contributed by atoms with Gasteiger partial charge in [0.15, 0.2) is 0 Å². The van der Waals surface area contributed by atoms with Crippen LogP contribution in [-0.4, -0.2) is 29.9 Å². The summed E-state index contributed by atoms with van der Waals surface area (Å²) in [6.07, 6.45) is 8.31. The van der Waals surface area contributed by atoms with Gasteiger partial charge in [-0.15, -0.1) is 0 Å². The molecule has 6 aromatic rings. The van der Waals surface area contributed by atoms with E-state index in [-0.39, 0.29) is 46.0 Å². The summed E-state index contributed by atoms with van der Waals surface area (Å²) in [4.78, 5) is 39.5. The second kappa shape index (κ2) is 10.1. The molecule has 3 aromatic carbocycles. The molecular formula is C32H18Cu2N8. The summed E-state index contributed by atoms with van der Waals surface area (Å²) in [5.41, 5.74) is 4.11. The standard InChI is InChI=1S/C32H18N8.2Cu/c1-2-10-18-17(9-1)25-33-26(18)38-28-21-13-5-6-14-22(21)30(35-28)40-32-24-16-8-7-15-23(24)31(36-32)39-29-20-12-4-3-11-19(20)27(34-29)37-25;;/h1-18H;;/q-2;;+2. The Hall–Kier alpha value is -4.46. The fourth-order valence-corrected chi connectivity index (χ4v) is 5.78. The van der Waals surface area contributed by atoms with Gasteiger partial charge in [0.25, 0.3) is 0 Å². The van der Waals surface area contributed by atoms with E-state index in [9.17, 15) is 0 Å². The first-order chi connectivity index (χ1) is 19.8. The van der Waals surface area contributed by atoms with Gasteiger partial charge in [0.1, 0.15) is 0 Å². The van der Waals surface area contributed by atoms with Crippen LogP contribution in [0.2, 0.25) is 0 Å². The molecule has 8 bridgehead atoms. The third kappa shape index (κ3) is 3.95. The summed E-state index contributed by atoms with van der Waals surface area (Å²) in [6, 6.07) is 24.0. The molecule has 3 aromatic heterocycles. The molecule has 0 saturated carbocycles. The van der Waals surface area contributed by atoms with Crippen molar-refractivity contribution >= 4 is 44.1 Å². The molecule has 0 N–H and O–H groups in total. The number of rotatable bonds is 0. The maximum Gasteiger partial charge on any atom is 2.00 e. The van der Waals surface area contributed by atoms with Crippen LogP contribution in [0, 0.1) is 0 Å². The quantitative estimate of drug-likeness (QED) is 0.192. The third-order valence-electron chi connectivity index (χ3n) is 7.69. The van der Waals surface area contributed by atoms with Gasteiger partial charge in [-0.3, -0.25) is 4.98 Å². The normalized spacial score (nSPS) is 16.5. The second-order valence-corrected chi connectivity index (χ2v) is 10.0. The minimum atomic E-state index is -0.0384. The molecule has 2 radical (unpaired) electrons. The van der Waals surface area contributed by atoms with Gasteiger partial charge in [-0.25, -0.2) is 4.98 Å². The van der Waals surface area contributed by atoms with Gasteiger partial charge in [-0.05, 0) is 21.5 Å². The number of benzene rings is 3. The van der Waals surface area contributed by atoms with Gasteiger partial charge in [-0.1, -0.05) is 97.1 Å². The number of nitrogens with zero attached hydrogens (tertiary/aromatic N) is 8. The summed E-state index contributed by atoms with van der Waals surface area (Å²) >= 11 is 0. The summed E-state index contributed by atoms with van der Waals surface area (Å²) in [6.45, 7) is 0. The van der Waals surface area contributed by atoms with Crippen molar-refractivity contribution < 1.29 is 34.1 Å². The topological polar surface area (TPSA) is 106 Å². The third-order valence-corrected chi connectivity index (χ3v) is 7.69. The Balaban J connectivity index is 0.00000144. The molecule has 2 unspecified atom stereocenters. The van der Waals surface area contributed by atoms with Crippen LogP contribution >= 0.6 is 0 Å². The average Bonchev–Trinajstić information content (AvgIpc) is 3.73. The number of fused-ring (bicyclic) bond motifs is 20. The molecule has 1 aliphatic carbocycles. The SMILES string of the molecule is C1=CC2c3nc(nc4[n-]c(nc5nc(nc6[n-]c(n3)c3ccccc63)-c3ccccc3-5)c3ccccc43)C2C=C1.[Cu+2].[Cu]. The Morgan fingerprint density at radius 2 is 0.833 bits per heavy atom. The largest absolute Gasteiger partial charge is 2.00 e. The minimum absolute atomic E-state index is 0. The van der Waals surface area contributed by atoms with Crippen LogP contribution in [0.4, 0.5) is 0 Å². The van der Waals surface area contributed by atoms with Crippen LogP contribution in [0.15, 0.2) is 97.1 Å². The van der Waals surface area contributed by atoms with Crippen molar-refractivity contribution in [2.75, 3.05) is 0 Å². The first-order valence-electron chi connectivity index (χ1n) is 13.1.